The van der Waals surface area contributed by atoms with Gasteiger partial charge >= 0.3 is 0 Å². The second-order valence-corrected chi connectivity index (χ2v) is 4.01. The summed E-state index contributed by atoms with van der Waals surface area (Å²) in [7, 11) is 0. The predicted octanol–water partition coefficient (Wildman–Crippen LogP) is 1.01. The maximum absolute atomic E-state index is 4.37. The molecule has 78 valence electrons. The number of nitrogens with zero attached hydrogens (tertiary/aromatic N) is 3. The van der Waals surface area contributed by atoms with E-state index in [0.717, 1.165) is 25.5 Å². The summed E-state index contributed by atoms with van der Waals surface area (Å²) in [6, 6.07) is 0. The summed E-state index contributed by atoms with van der Waals surface area (Å²) in [5.74, 6) is 2.39. The lowest BCUT2D eigenvalue weighted by Crippen LogP contribution is -2.35. The molecular weight excluding hydrogens is 176 g/mol. The molecule has 1 aromatic heterocycles. The fourth-order valence-electron chi connectivity index (χ4n) is 2.14. The first-order chi connectivity index (χ1) is 6.83. The molecular formula is C10H18N4. The summed E-state index contributed by atoms with van der Waals surface area (Å²) in [6.07, 6.45) is 2.90. The van der Waals surface area contributed by atoms with Crippen LogP contribution in [0, 0.1) is 5.92 Å². The summed E-state index contributed by atoms with van der Waals surface area (Å²) in [5, 5.41) is 7.65. The molecule has 4 nitrogen and oxygen atoms in total. The van der Waals surface area contributed by atoms with E-state index in [2.05, 4.69) is 29.2 Å². The van der Waals surface area contributed by atoms with Crippen LogP contribution >= 0.6 is 0 Å². The van der Waals surface area contributed by atoms with Crippen LogP contribution in [0.2, 0.25) is 0 Å². The van der Waals surface area contributed by atoms with E-state index in [4.69, 9.17) is 0 Å². The highest BCUT2D eigenvalue weighted by molar-refractivity contribution is 5.01. The molecule has 1 aliphatic heterocycles. The molecule has 1 N–H and O–H groups in total. The predicted molar refractivity (Wildman–Crippen MR) is 55.1 cm³/mol. The van der Waals surface area contributed by atoms with Gasteiger partial charge in [-0.15, -0.1) is 0 Å². The van der Waals surface area contributed by atoms with Gasteiger partial charge in [0.05, 0.1) is 0 Å². The van der Waals surface area contributed by atoms with Crippen molar-refractivity contribution >= 4 is 0 Å². The zero-order chi connectivity index (χ0) is 9.97. The van der Waals surface area contributed by atoms with Crippen molar-refractivity contribution < 1.29 is 0 Å². The molecule has 2 atom stereocenters. The van der Waals surface area contributed by atoms with Crippen molar-refractivity contribution in [2.45, 2.75) is 32.7 Å². The Morgan fingerprint density at radius 1 is 1.64 bits per heavy atom. The normalized spacial score (nSPS) is 27.9. The van der Waals surface area contributed by atoms with Gasteiger partial charge in [0.25, 0.3) is 0 Å². The largest absolute Gasteiger partial charge is 0.316 e. The summed E-state index contributed by atoms with van der Waals surface area (Å²) < 4.78 is 2.01. The van der Waals surface area contributed by atoms with Gasteiger partial charge in [0.1, 0.15) is 12.2 Å². The summed E-state index contributed by atoms with van der Waals surface area (Å²) in [5.41, 5.74) is 0. The fourth-order valence-corrected chi connectivity index (χ4v) is 2.14. The summed E-state index contributed by atoms with van der Waals surface area (Å²) >= 11 is 0. The van der Waals surface area contributed by atoms with Gasteiger partial charge in [-0.1, -0.05) is 6.92 Å². The van der Waals surface area contributed by atoms with Crippen LogP contribution in [0.5, 0.6) is 0 Å². The smallest absolute Gasteiger partial charge is 0.138 e. The molecule has 1 saturated heterocycles. The topological polar surface area (TPSA) is 42.7 Å². The lowest BCUT2D eigenvalue weighted by molar-refractivity contribution is 0.326. The fraction of sp³-hybridized carbons (Fsp3) is 0.800. The van der Waals surface area contributed by atoms with E-state index in [1.54, 1.807) is 6.33 Å². The van der Waals surface area contributed by atoms with Crippen LogP contribution < -0.4 is 5.32 Å². The lowest BCUT2D eigenvalue weighted by Gasteiger charge is -2.28. The standard InChI is InChI=1S/C10H18N4/c1-3-14-10(12-7-13-14)9-6-11-5-4-8(9)2/h7-9,11H,3-6H2,1-2H3. The Morgan fingerprint density at radius 2 is 2.50 bits per heavy atom. The van der Waals surface area contributed by atoms with Crippen LogP contribution in [0.15, 0.2) is 6.33 Å². The number of hydrogen-bond donors (Lipinski definition) is 1. The SMILES string of the molecule is CCn1ncnc1C1CNCCC1C. The minimum Gasteiger partial charge on any atom is -0.316 e. The quantitative estimate of drug-likeness (QED) is 0.764. The monoisotopic (exact) mass is 194 g/mol. The first-order valence-electron chi connectivity index (χ1n) is 5.41. The zero-order valence-corrected chi connectivity index (χ0v) is 8.90. The van der Waals surface area contributed by atoms with Gasteiger partial charge in [-0.3, -0.25) is 4.68 Å². The van der Waals surface area contributed by atoms with Crippen molar-refractivity contribution in [3.8, 4) is 0 Å². The molecule has 2 heterocycles. The Morgan fingerprint density at radius 3 is 3.21 bits per heavy atom. The van der Waals surface area contributed by atoms with Crippen molar-refractivity contribution in [3.63, 3.8) is 0 Å². The van der Waals surface area contributed by atoms with E-state index in [1.807, 2.05) is 4.68 Å². The number of nitrogens with one attached hydrogen (secondary N) is 1. The third-order valence-electron chi connectivity index (χ3n) is 3.10. The zero-order valence-electron chi connectivity index (χ0n) is 8.90. The van der Waals surface area contributed by atoms with E-state index >= 15 is 0 Å². The van der Waals surface area contributed by atoms with Gasteiger partial charge in [0.2, 0.25) is 0 Å². The van der Waals surface area contributed by atoms with Crippen LogP contribution in [-0.4, -0.2) is 27.9 Å². The van der Waals surface area contributed by atoms with E-state index < -0.39 is 0 Å². The molecule has 0 spiro atoms. The molecule has 1 fully saturated rings. The maximum atomic E-state index is 4.37. The third-order valence-corrected chi connectivity index (χ3v) is 3.10. The Kier molecular flexibility index (Phi) is 2.82. The molecule has 0 aromatic carbocycles. The highest BCUT2D eigenvalue weighted by atomic mass is 15.3. The van der Waals surface area contributed by atoms with Crippen LogP contribution in [0.25, 0.3) is 0 Å². The maximum Gasteiger partial charge on any atom is 0.138 e. The number of aryl methyl sites for hydroxylation is 1. The minimum atomic E-state index is 0.534. The third kappa shape index (κ3) is 1.66. The highest BCUT2D eigenvalue weighted by Gasteiger charge is 2.26. The second kappa shape index (κ2) is 4.09. The molecule has 0 amide bonds. The molecule has 14 heavy (non-hydrogen) atoms. The number of piperidine rings is 1. The van der Waals surface area contributed by atoms with E-state index in [9.17, 15) is 0 Å². The van der Waals surface area contributed by atoms with Crippen molar-refractivity contribution in [3.05, 3.63) is 12.2 Å². The second-order valence-electron chi connectivity index (χ2n) is 4.01. The molecule has 0 radical (unpaired) electrons. The highest BCUT2D eigenvalue weighted by Crippen LogP contribution is 2.26. The molecule has 0 bridgehead atoms. The molecule has 1 aliphatic rings. The van der Waals surface area contributed by atoms with E-state index in [-0.39, 0.29) is 0 Å². The van der Waals surface area contributed by atoms with Gasteiger partial charge < -0.3 is 5.32 Å². The average molecular weight is 194 g/mol. The first-order valence-corrected chi connectivity index (χ1v) is 5.41. The van der Waals surface area contributed by atoms with Crippen molar-refractivity contribution in [1.82, 2.24) is 20.1 Å². The van der Waals surface area contributed by atoms with Crippen molar-refractivity contribution in [2.24, 2.45) is 5.92 Å². The van der Waals surface area contributed by atoms with Gasteiger partial charge in [-0.25, -0.2) is 4.98 Å². The molecule has 4 heteroatoms. The Balaban J connectivity index is 2.20. The average Bonchev–Trinajstić information content (AvgIpc) is 2.66. The van der Waals surface area contributed by atoms with Crippen LogP contribution in [0.4, 0.5) is 0 Å². The van der Waals surface area contributed by atoms with Gasteiger partial charge in [-0.2, -0.15) is 5.10 Å². The van der Waals surface area contributed by atoms with Gasteiger partial charge in [-0.05, 0) is 25.8 Å². The van der Waals surface area contributed by atoms with Crippen molar-refractivity contribution in [1.29, 1.82) is 0 Å². The van der Waals surface area contributed by atoms with E-state index in [0.29, 0.717) is 11.8 Å². The van der Waals surface area contributed by atoms with Gasteiger partial charge in [0, 0.05) is 19.0 Å². The van der Waals surface area contributed by atoms with Gasteiger partial charge in [0.15, 0.2) is 0 Å². The van der Waals surface area contributed by atoms with Crippen LogP contribution in [-0.2, 0) is 6.54 Å². The van der Waals surface area contributed by atoms with Crippen molar-refractivity contribution in [2.75, 3.05) is 13.1 Å². The Bertz CT molecular complexity index is 294. The summed E-state index contributed by atoms with van der Waals surface area (Å²) in [4.78, 5) is 4.37. The molecule has 2 rings (SSSR count). The Labute approximate surface area is 84.7 Å². The summed E-state index contributed by atoms with van der Waals surface area (Å²) in [6.45, 7) is 7.51. The number of rotatable bonds is 2. The first kappa shape index (κ1) is 9.65. The van der Waals surface area contributed by atoms with Crippen LogP contribution in [0.1, 0.15) is 32.0 Å². The van der Waals surface area contributed by atoms with E-state index in [1.165, 1.54) is 6.42 Å². The molecule has 0 saturated carbocycles. The number of aromatic nitrogens is 3. The van der Waals surface area contributed by atoms with Crippen LogP contribution in [0.3, 0.4) is 0 Å². The number of hydrogen-bond acceptors (Lipinski definition) is 3. The molecule has 0 aliphatic carbocycles. The Hall–Kier alpha value is -0.900. The lowest BCUT2D eigenvalue weighted by atomic mass is 9.87. The minimum absolute atomic E-state index is 0.534. The molecule has 1 aromatic rings. The molecule has 2 unspecified atom stereocenters.